The molecule has 1 aliphatic carbocycles. The van der Waals surface area contributed by atoms with Gasteiger partial charge in [0.25, 0.3) is 0 Å². The first-order chi connectivity index (χ1) is 8.51. The minimum atomic E-state index is -3.29. The summed E-state index contributed by atoms with van der Waals surface area (Å²) in [6.45, 7) is 0.497. The van der Waals surface area contributed by atoms with E-state index in [4.69, 9.17) is 5.11 Å². The molecule has 6 heteroatoms. The molecular formula is C12H21NO4S. The van der Waals surface area contributed by atoms with Gasteiger partial charge in [-0.05, 0) is 25.7 Å². The molecule has 0 bridgehead atoms. The Hall–Kier alpha value is -0.620. The number of carboxylic acid groups (broad SMARTS) is 1. The molecule has 0 amide bonds. The van der Waals surface area contributed by atoms with E-state index in [2.05, 4.69) is 0 Å². The van der Waals surface area contributed by atoms with E-state index in [0.717, 1.165) is 38.5 Å². The van der Waals surface area contributed by atoms with Crippen molar-refractivity contribution in [1.29, 1.82) is 0 Å². The Labute approximate surface area is 108 Å². The zero-order valence-electron chi connectivity index (χ0n) is 10.5. The number of aliphatic carboxylic acids is 1. The number of carboxylic acids is 1. The first-order valence-corrected chi connectivity index (χ1v) is 8.24. The van der Waals surface area contributed by atoms with Crippen LogP contribution < -0.4 is 0 Å². The molecule has 5 nitrogen and oxygen atoms in total. The SMILES string of the molecule is O=C(O)CC1CCCCN1S(=O)(=O)C1CCCC1. The Morgan fingerprint density at radius 3 is 2.33 bits per heavy atom. The molecule has 1 atom stereocenters. The summed E-state index contributed by atoms with van der Waals surface area (Å²) in [4.78, 5) is 10.8. The molecule has 0 aromatic heterocycles. The third kappa shape index (κ3) is 2.85. The van der Waals surface area contributed by atoms with Crippen LogP contribution in [0.15, 0.2) is 0 Å². The Balaban J connectivity index is 2.14. The van der Waals surface area contributed by atoms with Crippen LogP contribution in [-0.4, -0.2) is 41.6 Å². The molecule has 2 fully saturated rings. The summed E-state index contributed by atoms with van der Waals surface area (Å²) in [7, 11) is -3.29. The highest BCUT2D eigenvalue weighted by molar-refractivity contribution is 7.89. The molecular weight excluding hydrogens is 254 g/mol. The Kier molecular flexibility index (Phi) is 4.27. The standard InChI is InChI=1S/C12H21NO4S/c14-12(15)9-10-5-3-4-8-13(10)18(16,17)11-6-1-2-7-11/h10-11H,1-9H2,(H,14,15). The fourth-order valence-corrected chi connectivity index (χ4v) is 5.38. The molecule has 1 saturated heterocycles. The molecule has 2 rings (SSSR count). The number of sulfonamides is 1. The maximum atomic E-state index is 12.5. The second-order valence-corrected chi connectivity index (χ2v) is 7.48. The van der Waals surface area contributed by atoms with E-state index in [1.54, 1.807) is 0 Å². The van der Waals surface area contributed by atoms with Crippen LogP contribution in [0.3, 0.4) is 0 Å². The Bertz CT molecular complexity index is 400. The van der Waals surface area contributed by atoms with E-state index >= 15 is 0 Å². The van der Waals surface area contributed by atoms with E-state index in [0.29, 0.717) is 13.0 Å². The summed E-state index contributed by atoms with van der Waals surface area (Å²) >= 11 is 0. The van der Waals surface area contributed by atoms with Crippen LogP contribution in [0.5, 0.6) is 0 Å². The molecule has 18 heavy (non-hydrogen) atoms. The third-order valence-electron chi connectivity index (χ3n) is 4.03. The summed E-state index contributed by atoms with van der Waals surface area (Å²) in [6, 6.07) is -0.332. The van der Waals surface area contributed by atoms with Gasteiger partial charge in [-0.1, -0.05) is 19.3 Å². The molecule has 0 radical (unpaired) electrons. The quantitative estimate of drug-likeness (QED) is 0.845. The maximum Gasteiger partial charge on any atom is 0.304 e. The lowest BCUT2D eigenvalue weighted by Gasteiger charge is -2.35. The van der Waals surface area contributed by atoms with Gasteiger partial charge >= 0.3 is 5.97 Å². The number of rotatable bonds is 4. The molecule has 1 N–H and O–H groups in total. The lowest BCUT2D eigenvalue weighted by atomic mass is 10.0. The molecule has 0 spiro atoms. The van der Waals surface area contributed by atoms with Gasteiger partial charge in [0.15, 0.2) is 0 Å². The van der Waals surface area contributed by atoms with Crippen LogP contribution in [-0.2, 0) is 14.8 Å². The molecule has 104 valence electrons. The predicted molar refractivity (Wildman–Crippen MR) is 67.8 cm³/mol. The van der Waals surface area contributed by atoms with Gasteiger partial charge < -0.3 is 5.11 Å². The predicted octanol–water partition coefficient (Wildman–Crippen LogP) is 1.59. The van der Waals surface area contributed by atoms with E-state index in [9.17, 15) is 13.2 Å². The fourth-order valence-electron chi connectivity index (χ4n) is 3.09. The average Bonchev–Trinajstić information content (AvgIpc) is 2.82. The zero-order valence-corrected chi connectivity index (χ0v) is 11.4. The van der Waals surface area contributed by atoms with Crippen LogP contribution in [0.25, 0.3) is 0 Å². The van der Waals surface area contributed by atoms with E-state index < -0.39 is 16.0 Å². The largest absolute Gasteiger partial charge is 0.481 e. The fraction of sp³-hybridized carbons (Fsp3) is 0.917. The minimum absolute atomic E-state index is 0.0635. The normalized spacial score (nSPS) is 27.4. The Morgan fingerprint density at radius 2 is 1.72 bits per heavy atom. The topological polar surface area (TPSA) is 74.7 Å². The smallest absolute Gasteiger partial charge is 0.304 e. The van der Waals surface area contributed by atoms with E-state index in [1.165, 1.54) is 4.31 Å². The highest BCUT2D eigenvalue weighted by Gasteiger charge is 2.39. The number of hydrogen-bond acceptors (Lipinski definition) is 3. The first kappa shape index (κ1) is 13.8. The summed E-state index contributed by atoms with van der Waals surface area (Å²) in [5, 5.41) is 8.62. The van der Waals surface area contributed by atoms with Crippen molar-refractivity contribution in [2.24, 2.45) is 0 Å². The molecule has 0 aromatic rings. The number of hydrogen-bond donors (Lipinski definition) is 1. The van der Waals surface area contributed by atoms with Crippen LogP contribution in [0.1, 0.15) is 51.4 Å². The Morgan fingerprint density at radius 1 is 1.11 bits per heavy atom. The van der Waals surface area contributed by atoms with Gasteiger partial charge in [-0.25, -0.2) is 8.42 Å². The number of nitrogens with zero attached hydrogens (tertiary/aromatic N) is 1. The molecule has 1 heterocycles. The van der Waals surface area contributed by atoms with Crippen LogP contribution in [0.4, 0.5) is 0 Å². The van der Waals surface area contributed by atoms with Crippen LogP contribution >= 0.6 is 0 Å². The summed E-state index contributed by atoms with van der Waals surface area (Å²) in [5.41, 5.74) is 0. The van der Waals surface area contributed by atoms with Gasteiger partial charge in [-0.3, -0.25) is 4.79 Å². The molecule has 2 aliphatic rings. The van der Waals surface area contributed by atoms with Crippen molar-refractivity contribution in [1.82, 2.24) is 4.31 Å². The van der Waals surface area contributed by atoms with Crippen molar-refractivity contribution in [2.45, 2.75) is 62.7 Å². The summed E-state index contributed by atoms with van der Waals surface area (Å²) < 4.78 is 26.5. The third-order valence-corrected chi connectivity index (χ3v) is 6.48. The van der Waals surface area contributed by atoms with Gasteiger partial charge in [0.2, 0.25) is 10.0 Å². The first-order valence-electron chi connectivity index (χ1n) is 6.74. The van der Waals surface area contributed by atoms with Crippen molar-refractivity contribution in [2.75, 3.05) is 6.54 Å². The maximum absolute atomic E-state index is 12.5. The lowest BCUT2D eigenvalue weighted by molar-refractivity contribution is -0.138. The summed E-state index contributed by atoms with van der Waals surface area (Å²) in [5.74, 6) is -0.909. The van der Waals surface area contributed by atoms with E-state index in [-0.39, 0.29) is 17.7 Å². The zero-order chi connectivity index (χ0) is 13.2. The van der Waals surface area contributed by atoms with Crippen molar-refractivity contribution in [3.05, 3.63) is 0 Å². The van der Waals surface area contributed by atoms with E-state index in [1.807, 2.05) is 0 Å². The monoisotopic (exact) mass is 275 g/mol. The van der Waals surface area contributed by atoms with Gasteiger partial charge in [0.1, 0.15) is 0 Å². The molecule has 1 unspecified atom stereocenters. The van der Waals surface area contributed by atoms with Gasteiger partial charge in [0, 0.05) is 12.6 Å². The second kappa shape index (κ2) is 5.57. The van der Waals surface area contributed by atoms with Crippen molar-refractivity contribution in [3.8, 4) is 0 Å². The molecule has 1 aliphatic heterocycles. The van der Waals surface area contributed by atoms with Gasteiger partial charge in [0.05, 0.1) is 11.7 Å². The highest BCUT2D eigenvalue weighted by atomic mass is 32.2. The average molecular weight is 275 g/mol. The van der Waals surface area contributed by atoms with Crippen LogP contribution in [0, 0.1) is 0 Å². The number of piperidine rings is 1. The van der Waals surface area contributed by atoms with Crippen LogP contribution in [0.2, 0.25) is 0 Å². The van der Waals surface area contributed by atoms with Crippen molar-refractivity contribution < 1.29 is 18.3 Å². The lowest BCUT2D eigenvalue weighted by Crippen LogP contribution is -2.47. The summed E-state index contributed by atoms with van der Waals surface area (Å²) in [6.07, 6.45) is 5.81. The highest BCUT2D eigenvalue weighted by Crippen LogP contribution is 2.31. The van der Waals surface area contributed by atoms with Crippen molar-refractivity contribution in [3.63, 3.8) is 0 Å². The second-order valence-electron chi connectivity index (χ2n) is 5.31. The van der Waals surface area contributed by atoms with Gasteiger partial charge in [-0.2, -0.15) is 4.31 Å². The molecule has 0 aromatic carbocycles. The molecule has 1 saturated carbocycles. The van der Waals surface area contributed by atoms with Gasteiger partial charge in [-0.15, -0.1) is 0 Å². The minimum Gasteiger partial charge on any atom is -0.481 e. The number of carbonyl (C=O) groups is 1. The van der Waals surface area contributed by atoms with Crippen molar-refractivity contribution >= 4 is 16.0 Å².